The van der Waals surface area contributed by atoms with Crippen LogP contribution >= 0.6 is 23.4 Å². The number of halogens is 4. The molecule has 0 unspecified atom stereocenters. The molecule has 146 valence electrons. The molecule has 1 heterocycles. The SMILES string of the molecule is C=CCn1c(COc2ccc(Cl)cc2)nnc1SCC(=O)NCC(F)(F)F. The Morgan fingerprint density at radius 2 is 2.04 bits per heavy atom. The van der Waals surface area contributed by atoms with Crippen molar-refractivity contribution in [3.8, 4) is 5.75 Å². The molecule has 1 N–H and O–H groups in total. The van der Waals surface area contributed by atoms with Crippen LogP contribution in [-0.2, 0) is 17.9 Å². The van der Waals surface area contributed by atoms with Crippen LogP contribution in [0.5, 0.6) is 5.75 Å². The molecule has 0 fully saturated rings. The maximum absolute atomic E-state index is 12.1. The van der Waals surface area contributed by atoms with Crippen LogP contribution in [-0.4, -0.2) is 39.1 Å². The number of amides is 1. The highest BCUT2D eigenvalue weighted by atomic mass is 35.5. The second-order valence-electron chi connectivity index (χ2n) is 5.22. The Bertz CT molecular complexity index is 781. The molecule has 0 aliphatic carbocycles. The zero-order chi connectivity index (χ0) is 19.9. The van der Waals surface area contributed by atoms with Crippen molar-refractivity contribution in [2.24, 2.45) is 0 Å². The van der Waals surface area contributed by atoms with Crippen LogP contribution in [0.15, 0.2) is 42.1 Å². The van der Waals surface area contributed by atoms with Crippen LogP contribution in [0.2, 0.25) is 5.02 Å². The fourth-order valence-electron chi connectivity index (χ4n) is 1.90. The molecule has 11 heteroatoms. The number of nitrogens with one attached hydrogen (secondary N) is 1. The molecule has 0 aliphatic rings. The summed E-state index contributed by atoms with van der Waals surface area (Å²) in [5.74, 6) is 0.115. The van der Waals surface area contributed by atoms with E-state index in [4.69, 9.17) is 16.3 Å². The Kier molecular flexibility index (Phi) is 7.55. The first-order chi connectivity index (χ1) is 12.8. The van der Waals surface area contributed by atoms with E-state index in [-0.39, 0.29) is 12.4 Å². The Morgan fingerprint density at radius 1 is 1.33 bits per heavy atom. The van der Waals surface area contributed by atoms with Gasteiger partial charge in [-0.15, -0.1) is 16.8 Å². The fraction of sp³-hybridized carbons (Fsp3) is 0.312. The Morgan fingerprint density at radius 3 is 2.67 bits per heavy atom. The third-order valence-electron chi connectivity index (χ3n) is 3.11. The normalized spacial score (nSPS) is 11.3. The van der Waals surface area contributed by atoms with Crippen molar-refractivity contribution < 1.29 is 22.7 Å². The standard InChI is InChI=1S/C16H16ClF3N4O2S/c1-2-7-24-13(8-26-12-5-3-11(17)4-6-12)22-23-15(24)27-9-14(25)21-10-16(18,19)20/h2-6H,1,7-10H2,(H,21,25). The van der Waals surface area contributed by atoms with Gasteiger partial charge in [-0.05, 0) is 24.3 Å². The Hall–Kier alpha value is -2.20. The molecule has 0 atom stereocenters. The number of benzene rings is 1. The summed E-state index contributed by atoms with van der Waals surface area (Å²) in [5, 5.41) is 10.7. The van der Waals surface area contributed by atoms with E-state index in [1.807, 2.05) is 0 Å². The highest BCUT2D eigenvalue weighted by Gasteiger charge is 2.27. The summed E-state index contributed by atoms with van der Waals surface area (Å²) in [5.41, 5.74) is 0. The molecule has 0 radical (unpaired) electrons. The molecule has 2 rings (SSSR count). The molecule has 0 saturated heterocycles. The maximum atomic E-state index is 12.1. The van der Waals surface area contributed by atoms with Crippen LogP contribution in [0.25, 0.3) is 0 Å². The van der Waals surface area contributed by atoms with Gasteiger partial charge >= 0.3 is 6.18 Å². The topological polar surface area (TPSA) is 69.0 Å². The van der Waals surface area contributed by atoms with E-state index >= 15 is 0 Å². The molecule has 0 aliphatic heterocycles. The second kappa shape index (κ2) is 9.65. The predicted molar refractivity (Wildman–Crippen MR) is 95.8 cm³/mol. The average molecular weight is 421 g/mol. The minimum absolute atomic E-state index is 0.114. The monoisotopic (exact) mass is 420 g/mol. The summed E-state index contributed by atoms with van der Waals surface area (Å²) in [6.45, 7) is 2.76. The maximum Gasteiger partial charge on any atom is 0.405 e. The van der Waals surface area contributed by atoms with E-state index in [0.717, 1.165) is 11.8 Å². The molecule has 0 saturated carbocycles. The van der Waals surface area contributed by atoms with E-state index in [1.165, 1.54) is 0 Å². The predicted octanol–water partition coefficient (Wildman–Crippen LogP) is 3.47. The smallest absolute Gasteiger partial charge is 0.405 e. The van der Waals surface area contributed by atoms with Gasteiger partial charge in [0, 0.05) is 11.6 Å². The molecular formula is C16H16ClF3N4O2S. The first-order valence-electron chi connectivity index (χ1n) is 7.66. The fourth-order valence-corrected chi connectivity index (χ4v) is 2.83. The van der Waals surface area contributed by atoms with Gasteiger partial charge in [0.1, 0.15) is 18.9 Å². The number of carbonyl (C=O) groups excluding carboxylic acids is 1. The van der Waals surface area contributed by atoms with Crippen molar-refractivity contribution in [2.45, 2.75) is 24.5 Å². The largest absolute Gasteiger partial charge is 0.486 e. The number of alkyl halides is 3. The number of ether oxygens (including phenoxy) is 1. The van der Waals surface area contributed by atoms with E-state index in [1.54, 1.807) is 40.2 Å². The van der Waals surface area contributed by atoms with Gasteiger partial charge in [-0.25, -0.2) is 0 Å². The lowest BCUT2D eigenvalue weighted by atomic mass is 10.3. The average Bonchev–Trinajstić information content (AvgIpc) is 2.99. The van der Waals surface area contributed by atoms with E-state index < -0.39 is 18.6 Å². The summed E-state index contributed by atoms with van der Waals surface area (Å²) in [6.07, 6.45) is -2.84. The zero-order valence-electron chi connectivity index (χ0n) is 14.0. The van der Waals surface area contributed by atoms with Crippen LogP contribution in [0.4, 0.5) is 13.2 Å². The first-order valence-corrected chi connectivity index (χ1v) is 9.02. The molecule has 27 heavy (non-hydrogen) atoms. The molecule has 0 bridgehead atoms. The van der Waals surface area contributed by atoms with Gasteiger partial charge in [0.25, 0.3) is 0 Å². The third-order valence-corrected chi connectivity index (χ3v) is 4.32. The summed E-state index contributed by atoms with van der Waals surface area (Å²) in [6, 6.07) is 6.78. The lowest BCUT2D eigenvalue weighted by Crippen LogP contribution is -2.34. The Labute approximate surface area is 162 Å². The first kappa shape index (κ1) is 21.1. The third kappa shape index (κ3) is 7.14. The second-order valence-corrected chi connectivity index (χ2v) is 6.60. The highest BCUT2D eigenvalue weighted by molar-refractivity contribution is 7.99. The van der Waals surface area contributed by atoms with E-state index in [9.17, 15) is 18.0 Å². The number of rotatable bonds is 9. The van der Waals surface area contributed by atoms with E-state index in [2.05, 4.69) is 16.8 Å². The number of carbonyl (C=O) groups is 1. The summed E-state index contributed by atoms with van der Waals surface area (Å²) in [4.78, 5) is 11.5. The molecule has 0 spiro atoms. The molecule has 1 amide bonds. The molecule has 6 nitrogen and oxygen atoms in total. The molecule has 2 aromatic rings. The van der Waals surface area contributed by atoms with Gasteiger partial charge in [-0.1, -0.05) is 29.4 Å². The van der Waals surface area contributed by atoms with Crippen LogP contribution in [0, 0.1) is 0 Å². The van der Waals surface area contributed by atoms with Crippen LogP contribution < -0.4 is 10.1 Å². The number of aromatic nitrogens is 3. The molecular weight excluding hydrogens is 405 g/mol. The summed E-state index contributed by atoms with van der Waals surface area (Å²) < 4.78 is 43.6. The van der Waals surface area contributed by atoms with Crippen LogP contribution in [0.1, 0.15) is 5.82 Å². The van der Waals surface area contributed by atoms with E-state index in [0.29, 0.717) is 28.3 Å². The number of hydrogen-bond acceptors (Lipinski definition) is 5. The van der Waals surface area contributed by atoms with Crippen molar-refractivity contribution >= 4 is 29.3 Å². The van der Waals surface area contributed by atoms with Crippen molar-refractivity contribution in [1.29, 1.82) is 0 Å². The quantitative estimate of drug-likeness (QED) is 0.497. The van der Waals surface area contributed by atoms with Crippen molar-refractivity contribution in [1.82, 2.24) is 20.1 Å². The van der Waals surface area contributed by atoms with Gasteiger partial charge in [0.05, 0.1) is 5.75 Å². The zero-order valence-corrected chi connectivity index (χ0v) is 15.6. The summed E-state index contributed by atoms with van der Waals surface area (Å²) >= 11 is 6.79. The number of allylic oxidation sites excluding steroid dienone is 1. The lowest BCUT2D eigenvalue weighted by Gasteiger charge is -2.10. The highest BCUT2D eigenvalue weighted by Crippen LogP contribution is 2.20. The Balaban J connectivity index is 1.96. The van der Waals surface area contributed by atoms with Gasteiger partial charge in [0.2, 0.25) is 5.91 Å². The molecule has 1 aromatic heterocycles. The minimum atomic E-state index is -4.45. The molecule has 1 aromatic carbocycles. The van der Waals surface area contributed by atoms with Crippen LogP contribution in [0.3, 0.4) is 0 Å². The number of nitrogens with zero attached hydrogens (tertiary/aromatic N) is 3. The van der Waals surface area contributed by atoms with Crippen molar-refractivity contribution in [2.75, 3.05) is 12.3 Å². The lowest BCUT2D eigenvalue weighted by molar-refractivity contribution is -0.136. The summed E-state index contributed by atoms with van der Waals surface area (Å²) in [7, 11) is 0. The number of thioether (sulfide) groups is 1. The van der Waals surface area contributed by atoms with Gasteiger partial charge in [-0.2, -0.15) is 13.2 Å². The van der Waals surface area contributed by atoms with Gasteiger partial charge in [-0.3, -0.25) is 9.36 Å². The van der Waals surface area contributed by atoms with Crippen molar-refractivity contribution in [3.05, 3.63) is 47.8 Å². The minimum Gasteiger partial charge on any atom is -0.486 e. The van der Waals surface area contributed by atoms with Crippen molar-refractivity contribution in [3.63, 3.8) is 0 Å². The number of hydrogen-bond donors (Lipinski definition) is 1. The van der Waals surface area contributed by atoms with Gasteiger partial charge < -0.3 is 10.1 Å². The van der Waals surface area contributed by atoms with Gasteiger partial charge in [0.15, 0.2) is 11.0 Å².